The van der Waals surface area contributed by atoms with Crippen LogP contribution in [0.15, 0.2) is 0 Å². The molecular formula is C20H31F16O6Zr2-. The zero-order valence-electron chi connectivity index (χ0n) is 23.4. The van der Waals surface area contributed by atoms with Gasteiger partial charge in [-0.1, -0.05) is 0 Å². The Morgan fingerprint density at radius 2 is 0.886 bits per heavy atom. The van der Waals surface area contributed by atoms with Gasteiger partial charge in [-0.2, -0.15) is 52.7 Å². The number of aliphatic hydroxyl groups is 3. The molecule has 1 atom stereocenters. The van der Waals surface area contributed by atoms with Crippen LogP contribution in [0.3, 0.4) is 0 Å². The first-order valence-electron chi connectivity index (χ1n) is 10.9. The molecule has 0 aliphatic carbocycles. The Balaban J connectivity index is -0.000000138. The van der Waals surface area contributed by atoms with Crippen molar-refractivity contribution in [1.29, 1.82) is 0 Å². The van der Waals surface area contributed by atoms with Crippen LogP contribution in [0.1, 0.15) is 39.5 Å². The van der Waals surface area contributed by atoms with Crippen LogP contribution in [0.5, 0.6) is 0 Å². The van der Waals surface area contributed by atoms with Crippen LogP contribution in [-0.2, 0) is 66.6 Å². The van der Waals surface area contributed by atoms with Gasteiger partial charge in [-0.25, -0.2) is 8.78 Å². The Morgan fingerprint density at radius 3 is 1.11 bits per heavy atom. The summed E-state index contributed by atoms with van der Waals surface area (Å²) in [6.45, 7) is 3.86. The van der Waals surface area contributed by atoms with Crippen LogP contribution >= 0.6 is 0 Å². The van der Waals surface area contributed by atoms with Crippen molar-refractivity contribution in [3.63, 3.8) is 0 Å². The van der Waals surface area contributed by atoms with Crippen molar-refractivity contribution in [3.8, 4) is 0 Å². The van der Waals surface area contributed by atoms with Gasteiger partial charge < -0.3 is 38.3 Å². The van der Waals surface area contributed by atoms with Gasteiger partial charge in [0.05, 0.1) is 6.43 Å². The number of rotatable bonds is 12. The van der Waals surface area contributed by atoms with Crippen molar-refractivity contribution < 1.29 is 152 Å². The van der Waals surface area contributed by atoms with Gasteiger partial charge in [0.25, 0.3) is 5.92 Å². The van der Waals surface area contributed by atoms with E-state index < -0.39 is 80.2 Å². The summed E-state index contributed by atoms with van der Waals surface area (Å²) in [4.78, 5) is 0. The molecule has 0 saturated carbocycles. The van der Waals surface area contributed by atoms with E-state index in [1.165, 1.54) is 21.3 Å². The molecule has 0 saturated heterocycles. The Morgan fingerprint density at radius 1 is 0.591 bits per heavy atom. The van der Waals surface area contributed by atoms with Crippen molar-refractivity contribution in [2.24, 2.45) is 0 Å². The van der Waals surface area contributed by atoms with Crippen LogP contribution in [0.2, 0.25) is 0 Å². The summed E-state index contributed by atoms with van der Waals surface area (Å²) in [5, 5.41) is 24.6. The van der Waals surface area contributed by atoms with Crippen LogP contribution in [0, 0.1) is 6.43 Å². The SMILES string of the molecule is CCO.CCO.COC(OC)(OC)C(O)CCC(F)(F)F.F[C-](F)C(F)(F)C(F)(F)C(F)(F)C(F)(F)CCC(F)(F)F.[Zr].[Zr]. The fourth-order valence-electron chi connectivity index (χ4n) is 2.14. The minimum Gasteiger partial charge on any atom is -0.415 e. The maximum Gasteiger partial charge on any atom is 0.389 e. The molecule has 0 bridgehead atoms. The standard InChI is InChI=1S/C8H4F13.C8H15F3O4.2C2H6O.2Zr/c9-3(10)6(16,17)8(20,21)7(18,19)4(11,12)1-2-5(13,14)15;1-13-8(14-2,15-3)6(12)4-5-7(9,10)11;2*1-2-3;;/h1-2H2;6,12H,4-5H2,1-3H3;2*3H,2H2,1H3;;/q-1;;;;;. The van der Waals surface area contributed by atoms with Crippen LogP contribution in [0.25, 0.3) is 0 Å². The van der Waals surface area contributed by atoms with E-state index in [4.69, 9.17) is 24.4 Å². The first-order chi connectivity index (χ1) is 18.5. The molecule has 268 valence electrons. The van der Waals surface area contributed by atoms with Gasteiger partial charge in [0.15, 0.2) is 0 Å². The van der Waals surface area contributed by atoms with Gasteiger partial charge in [-0.05, 0) is 20.3 Å². The molecule has 0 fully saturated rings. The van der Waals surface area contributed by atoms with Crippen LogP contribution < -0.4 is 0 Å². The van der Waals surface area contributed by atoms with Crippen molar-refractivity contribution >= 4 is 0 Å². The smallest absolute Gasteiger partial charge is 0.389 e. The summed E-state index contributed by atoms with van der Waals surface area (Å²) in [6, 6.07) is 0. The summed E-state index contributed by atoms with van der Waals surface area (Å²) >= 11 is 0. The van der Waals surface area contributed by atoms with Crippen LogP contribution in [-0.4, -0.2) is 98.0 Å². The molecule has 0 aromatic rings. The minimum atomic E-state index is -7.30. The maximum absolute atomic E-state index is 12.7. The summed E-state index contributed by atoms with van der Waals surface area (Å²) in [7, 11) is 3.51. The molecule has 0 radical (unpaired) electrons. The molecule has 6 nitrogen and oxygen atoms in total. The molecule has 0 aromatic heterocycles. The minimum absolute atomic E-state index is 0. The summed E-state index contributed by atoms with van der Waals surface area (Å²) in [5.74, 6) is -29.5. The van der Waals surface area contributed by atoms with E-state index in [1.54, 1.807) is 13.8 Å². The second-order valence-electron chi connectivity index (χ2n) is 7.32. The largest absolute Gasteiger partial charge is 0.415 e. The Hall–Kier alpha value is 0.406. The Labute approximate surface area is 280 Å². The normalized spacial score (nSPS) is 13.6. The second kappa shape index (κ2) is 23.7. The molecule has 44 heavy (non-hydrogen) atoms. The predicted octanol–water partition coefficient (Wildman–Crippen LogP) is 6.57. The van der Waals surface area contributed by atoms with Crippen molar-refractivity contribution in [2.45, 2.75) is 87.7 Å². The van der Waals surface area contributed by atoms with E-state index in [0.717, 1.165) is 0 Å². The molecule has 0 spiro atoms. The fraction of sp³-hybridized carbons (Fsp3) is 0.950. The molecule has 3 N–H and O–H groups in total. The second-order valence-corrected chi connectivity index (χ2v) is 7.32. The van der Waals surface area contributed by atoms with Crippen molar-refractivity contribution in [3.05, 3.63) is 6.43 Å². The van der Waals surface area contributed by atoms with Gasteiger partial charge in [0.2, 0.25) is 0 Å². The number of aliphatic hydroxyl groups excluding tert-OH is 3. The molecular weight excluding hydrogens is 823 g/mol. The third-order valence-corrected chi connectivity index (χ3v) is 4.17. The molecule has 0 aliphatic heterocycles. The number of hydrogen-bond acceptors (Lipinski definition) is 6. The Bertz CT molecular complexity index is 684. The quantitative estimate of drug-likeness (QED) is 0.117. The van der Waals surface area contributed by atoms with Gasteiger partial charge in [-0.15, -0.1) is 0 Å². The number of ether oxygens (including phenoxy) is 3. The van der Waals surface area contributed by atoms with E-state index in [0.29, 0.717) is 0 Å². The number of methoxy groups -OCH3 is 3. The van der Waals surface area contributed by atoms with Crippen LogP contribution in [0.4, 0.5) is 70.2 Å². The summed E-state index contributed by atoms with van der Waals surface area (Å²) in [5.41, 5.74) is 0. The third-order valence-electron chi connectivity index (χ3n) is 4.17. The summed E-state index contributed by atoms with van der Waals surface area (Å²) in [6.07, 6.45) is -23.3. The fourth-order valence-corrected chi connectivity index (χ4v) is 2.14. The van der Waals surface area contributed by atoms with E-state index in [9.17, 15) is 75.4 Å². The predicted molar refractivity (Wildman–Crippen MR) is 111 cm³/mol. The van der Waals surface area contributed by atoms with Gasteiger partial charge in [0, 0.05) is 106 Å². The molecule has 0 rings (SSSR count). The average molecular weight is 854 g/mol. The topological polar surface area (TPSA) is 88.4 Å². The van der Waals surface area contributed by atoms with E-state index >= 15 is 0 Å². The summed E-state index contributed by atoms with van der Waals surface area (Å²) < 4.78 is 208. The monoisotopic (exact) mass is 851 g/mol. The molecule has 0 aromatic carbocycles. The van der Waals surface area contributed by atoms with Gasteiger partial charge in [0.1, 0.15) is 6.10 Å². The number of hydrogen-bond donors (Lipinski definition) is 3. The number of alkyl halides is 14. The first kappa shape index (κ1) is 56.7. The Kier molecular flexibility index (Phi) is 30.5. The molecule has 24 heteroatoms. The zero-order valence-corrected chi connectivity index (χ0v) is 28.3. The molecule has 0 heterocycles. The molecule has 0 amide bonds. The number of halogens is 16. The molecule has 0 aliphatic rings. The molecule has 1 unspecified atom stereocenters. The maximum atomic E-state index is 12.7. The van der Waals surface area contributed by atoms with E-state index in [1.807, 2.05) is 0 Å². The average Bonchev–Trinajstić information content (AvgIpc) is 2.83. The van der Waals surface area contributed by atoms with Gasteiger partial charge >= 0.3 is 36.1 Å². The van der Waals surface area contributed by atoms with E-state index in [-0.39, 0.29) is 65.6 Å². The third kappa shape index (κ3) is 19.3. The van der Waals surface area contributed by atoms with Crippen molar-refractivity contribution in [2.75, 3.05) is 34.5 Å². The first-order valence-corrected chi connectivity index (χ1v) is 10.9. The van der Waals surface area contributed by atoms with E-state index in [2.05, 4.69) is 0 Å². The van der Waals surface area contributed by atoms with Crippen molar-refractivity contribution in [1.82, 2.24) is 0 Å². The van der Waals surface area contributed by atoms with Gasteiger partial charge in [-0.3, -0.25) is 0 Å². The zero-order chi connectivity index (χ0) is 35.0.